The molecule has 0 bridgehead atoms. The maximum Gasteiger partial charge on any atom is 0.0359 e. The second-order valence-corrected chi connectivity index (χ2v) is 7.49. The highest BCUT2D eigenvalue weighted by atomic mass is 15.3. The molecule has 3 fully saturated rings. The molecule has 4 unspecified atom stereocenters. The van der Waals surface area contributed by atoms with E-state index >= 15 is 0 Å². The first-order valence-electron chi connectivity index (χ1n) is 8.86. The molecule has 2 aliphatic heterocycles. The quantitative estimate of drug-likeness (QED) is 0.860. The minimum absolute atomic E-state index is 0.343. The SMILES string of the molecule is CCC1CCCC1(CN)N1CCC2C(CCCN2C)C1. The largest absolute Gasteiger partial charge is 0.329 e. The molecule has 2 heterocycles. The van der Waals surface area contributed by atoms with Crippen molar-refractivity contribution in [2.24, 2.45) is 17.6 Å². The van der Waals surface area contributed by atoms with Crippen LogP contribution in [0.4, 0.5) is 0 Å². The van der Waals surface area contributed by atoms with E-state index in [0.29, 0.717) is 5.54 Å². The van der Waals surface area contributed by atoms with E-state index in [4.69, 9.17) is 5.73 Å². The van der Waals surface area contributed by atoms with Crippen molar-refractivity contribution in [2.45, 2.75) is 63.5 Å². The Balaban J connectivity index is 1.74. The molecule has 0 aromatic rings. The summed E-state index contributed by atoms with van der Waals surface area (Å²) >= 11 is 0. The van der Waals surface area contributed by atoms with Crippen LogP contribution in [0.15, 0.2) is 0 Å². The van der Waals surface area contributed by atoms with E-state index in [1.807, 2.05) is 0 Å². The first-order chi connectivity index (χ1) is 9.71. The fourth-order valence-electron chi connectivity index (χ4n) is 5.58. The standard InChI is InChI=1S/C17H33N3/c1-3-15-7-4-9-17(15,13-18)20-11-8-16-14(12-20)6-5-10-19(16)2/h14-16H,3-13,18H2,1-2H3. The summed E-state index contributed by atoms with van der Waals surface area (Å²) in [7, 11) is 2.33. The molecular formula is C17H33N3. The molecule has 0 aromatic carbocycles. The van der Waals surface area contributed by atoms with Crippen LogP contribution in [0.1, 0.15) is 51.9 Å². The average Bonchev–Trinajstić information content (AvgIpc) is 2.91. The van der Waals surface area contributed by atoms with Crippen molar-refractivity contribution in [2.75, 3.05) is 33.2 Å². The molecule has 1 saturated carbocycles. The number of hydrogen-bond donors (Lipinski definition) is 1. The lowest BCUT2D eigenvalue weighted by atomic mass is 9.78. The van der Waals surface area contributed by atoms with E-state index in [-0.39, 0.29) is 0 Å². The molecule has 3 heteroatoms. The minimum atomic E-state index is 0.343. The van der Waals surface area contributed by atoms with Gasteiger partial charge in [-0.25, -0.2) is 0 Å². The third-order valence-electron chi connectivity index (χ3n) is 6.74. The zero-order valence-electron chi connectivity index (χ0n) is 13.5. The molecule has 3 rings (SSSR count). The first kappa shape index (κ1) is 14.8. The molecule has 0 aromatic heterocycles. The maximum atomic E-state index is 6.31. The van der Waals surface area contributed by atoms with Gasteiger partial charge >= 0.3 is 0 Å². The van der Waals surface area contributed by atoms with E-state index in [9.17, 15) is 0 Å². The Bertz CT molecular complexity index is 332. The molecule has 0 amide bonds. The molecule has 2 saturated heterocycles. The maximum absolute atomic E-state index is 6.31. The van der Waals surface area contributed by atoms with E-state index in [1.165, 1.54) is 64.6 Å². The van der Waals surface area contributed by atoms with Crippen LogP contribution in [0.2, 0.25) is 0 Å². The van der Waals surface area contributed by atoms with Crippen molar-refractivity contribution in [3.05, 3.63) is 0 Å². The Morgan fingerprint density at radius 3 is 2.75 bits per heavy atom. The van der Waals surface area contributed by atoms with Gasteiger partial charge in [-0.3, -0.25) is 4.90 Å². The van der Waals surface area contributed by atoms with Crippen molar-refractivity contribution < 1.29 is 0 Å². The van der Waals surface area contributed by atoms with Crippen LogP contribution < -0.4 is 5.73 Å². The lowest BCUT2D eigenvalue weighted by Gasteiger charge is -2.53. The number of fused-ring (bicyclic) bond motifs is 1. The monoisotopic (exact) mass is 279 g/mol. The second-order valence-electron chi connectivity index (χ2n) is 7.49. The first-order valence-corrected chi connectivity index (χ1v) is 8.86. The summed E-state index contributed by atoms with van der Waals surface area (Å²) < 4.78 is 0. The van der Waals surface area contributed by atoms with Crippen molar-refractivity contribution in [3.63, 3.8) is 0 Å². The van der Waals surface area contributed by atoms with Gasteiger partial charge in [0.2, 0.25) is 0 Å². The van der Waals surface area contributed by atoms with Gasteiger partial charge in [-0.1, -0.05) is 19.8 Å². The molecule has 116 valence electrons. The van der Waals surface area contributed by atoms with Crippen LogP contribution in [0, 0.1) is 11.8 Å². The summed E-state index contributed by atoms with van der Waals surface area (Å²) in [5.74, 6) is 1.73. The second kappa shape index (κ2) is 5.94. The van der Waals surface area contributed by atoms with E-state index in [1.54, 1.807) is 0 Å². The number of hydrogen-bond acceptors (Lipinski definition) is 3. The topological polar surface area (TPSA) is 32.5 Å². The highest BCUT2D eigenvalue weighted by molar-refractivity contribution is 5.04. The van der Waals surface area contributed by atoms with Gasteiger partial charge in [-0.05, 0) is 57.5 Å². The van der Waals surface area contributed by atoms with Gasteiger partial charge in [0, 0.05) is 31.2 Å². The molecular weight excluding hydrogens is 246 g/mol. The predicted octanol–water partition coefficient (Wildman–Crippen LogP) is 2.31. The molecule has 0 radical (unpaired) electrons. The van der Waals surface area contributed by atoms with Crippen molar-refractivity contribution in [1.82, 2.24) is 9.80 Å². The summed E-state index contributed by atoms with van der Waals surface area (Å²) in [6, 6.07) is 0.844. The summed E-state index contributed by atoms with van der Waals surface area (Å²) in [6.07, 6.45) is 9.62. The van der Waals surface area contributed by atoms with E-state index < -0.39 is 0 Å². The smallest absolute Gasteiger partial charge is 0.0359 e. The number of rotatable bonds is 3. The Labute approximate surface area is 124 Å². The van der Waals surface area contributed by atoms with Gasteiger partial charge in [-0.15, -0.1) is 0 Å². The van der Waals surface area contributed by atoms with Crippen molar-refractivity contribution in [3.8, 4) is 0 Å². The third-order valence-corrected chi connectivity index (χ3v) is 6.74. The van der Waals surface area contributed by atoms with Gasteiger partial charge < -0.3 is 10.6 Å². The number of likely N-dealkylation sites (tertiary alicyclic amines) is 2. The van der Waals surface area contributed by atoms with Gasteiger partial charge in [0.05, 0.1) is 0 Å². The molecule has 3 aliphatic rings. The van der Waals surface area contributed by atoms with Crippen LogP contribution in [-0.2, 0) is 0 Å². The Kier molecular flexibility index (Phi) is 4.40. The van der Waals surface area contributed by atoms with Crippen LogP contribution >= 0.6 is 0 Å². The summed E-state index contributed by atoms with van der Waals surface area (Å²) in [5, 5.41) is 0. The summed E-state index contributed by atoms with van der Waals surface area (Å²) in [5.41, 5.74) is 6.65. The fraction of sp³-hybridized carbons (Fsp3) is 1.00. The molecule has 2 N–H and O–H groups in total. The van der Waals surface area contributed by atoms with E-state index in [0.717, 1.165) is 24.4 Å². The lowest BCUT2D eigenvalue weighted by molar-refractivity contribution is -0.0297. The lowest BCUT2D eigenvalue weighted by Crippen LogP contribution is -2.63. The number of piperidine rings is 2. The van der Waals surface area contributed by atoms with Gasteiger partial charge in [-0.2, -0.15) is 0 Å². The third kappa shape index (κ3) is 2.32. The average molecular weight is 279 g/mol. The fourth-order valence-corrected chi connectivity index (χ4v) is 5.58. The van der Waals surface area contributed by atoms with Crippen LogP contribution in [-0.4, -0.2) is 54.6 Å². The highest BCUT2D eigenvalue weighted by Crippen LogP contribution is 2.44. The minimum Gasteiger partial charge on any atom is -0.329 e. The van der Waals surface area contributed by atoms with Crippen LogP contribution in [0.5, 0.6) is 0 Å². The zero-order valence-corrected chi connectivity index (χ0v) is 13.5. The highest BCUT2D eigenvalue weighted by Gasteiger charge is 2.48. The summed E-state index contributed by atoms with van der Waals surface area (Å²) in [4.78, 5) is 5.45. The number of nitrogens with zero attached hydrogens (tertiary/aromatic N) is 2. The van der Waals surface area contributed by atoms with Gasteiger partial charge in [0.1, 0.15) is 0 Å². The van der Waals surface area contributed by atoms with E-state index in [2.05, 4.69) is 23.8 Å². The molecule has 4 atom stereocenters. The Morgan fingerprint density at radius 1 is 1.15 bits per heavy atom. The van der Waals surface area contributed by atoms with Gasteiger partial charge in [0.25, 0.3) is 0 Å². The normalized spacial score (nSPS) is 43.6. The van der Waals surface area contributed by atoms with Crippen molar-refractivity contribution >= 4 is 0 Å². The summed E-state index contributed by atoms with van der Waals surface area (Å²) in [6.45, 7) is 7.13. The molecule has 20 heavy (non-hydrogen) atoms. The van der Waals surface area contributed by atoms with Crippen molar-refractivity contribution in [1.29, 1.82) is 0 Å². The zero-order chi connectivity index (χ0) is 14.2. The number of nitrogens with two attached hydrogens (primary N) is 1. The molecule has 3 nitrogen and oxygen atoms in total. The molecule has 0 spiro atoms. The van der Waals surface area contributed by atoms with Gasteiger partial charge in [0.15, 0.2) is 0 Å². The Morgan fingerprint density at radius 2 is 2.00 bits per heavy atom. The molecule has 1 aliphatic carbocycles. The van der Waals surface area contributed by atoms with Crippen LogP contribution in [0.25, 0.3) is 0 Å². The Hall–Kier alpha value is -0.120. The predicted molar refractivity (Wildman–Crippen MR) is 84.7 cm³/mol. The van der Waals surface area contributed by atoms with Crippen LogP contribution in [0.3, 0.4) is 0 Å².